The molecule has 2 fully saturated rings. The average molecular weight is 288 g/mol. The smallest absolute Gasteiger partial charge is 0.209 e. The average Bonchev–Trinajstić information content (AvgIpc) is 2.57. The molecule has 0 aliphatic carbocycles. The summed E-state index contributed by atoms with van der Waals surface area (Å²) in [6.07, 6.45) is 0.952. The van der Waals surface area contributed by atoms with Crippen LogP contribution in [0.15, 0.2) is 24.3 Å². The van der Waals surface area contributed by atoms with E-state index < -0.39 is 0 Å². The van der Waals surface area contributed by atoms with Crippen molar-refractivity contribution in [2.24, 2.45) is 0 Å². The highest BCUT2D eigenvalue weighted by Crippen LogP contribution is 2.18. The van der Waals surface area contributed by atoms with E-state index in [0.29, 0.717) is 0 Å². The summed E-state index contributed by atoms with van der Waals surface area (Å²) >= 11 is 0. The van der Waals surface area contributed by atoms with Gasteiger partial charge in [-0.3, -0.25) is 9.69 Å². The fourth-order valence-corrected chi connectivity index (χ4v) is 3.03. The molecule has 0 spiro atoms. The number of hydrogen-bond donors (Lipinski definition) is 1. The second kappa shape index (κ2) is 6.91. The fraction of sp³-hybridized carbons (Fsp3) is 0.562. The molecule has 2 aliphatic rings. The van der Waals surface area contributed by atoms with Crippen LogP contribution in [-0.4, -0.2) is 68.6 Å². The van der Waals surface area contributed by atoms with Crippen LogP contribution in [0.4, 0.5) is 5.69 Å². The summed E-state index contributed by atoms with van der Waals surface area (Å²) < 4.78 is 0. The first-order valence-electron chi connectivity index (χ1n) is 7.81. The second-order valence-electron chi connectivity index (χ2n) is 5.82. The van der Waals surface area contributed by atoms with Gasteiger partial charge in [0.25, 0.3) is 0 Å². The zero-order chi connectivity index (χ0) is 14.5. The highest BCUT2D eigenvalue weighted by atomic mass is 16.1. The van der Waals surface area contributed by atoms with Gasteiger partial charge >= 0.3 is 0 Å². The molecule has 2 saturated heterocycles. The van der Waals surface area contributed by atoms with Crippen molar-refractivity contribution >= 4 is 12.1 Å². The highest BCUT2D eigenvalue weighted by molar-refractivity contribution is 5.51. The summed E-state index contributed by atoms with van der Waals surface area (Å²) in [5.41, 5.74) is 2.65. The van der Waals surface area contributed by atoms with Gasteiger partial charge in [0.05, 0.1) is 0 Å². The predicted octanol–water partition coefficient (Wildman–Crippen LogP) is 0.370. The lowest BCUT2D eigenvalue weighted by Crippen LogP contribution is -2.45. The van der Waals surface area contributed by atoms with Crippen molar-refractivity contribution in [2.75, 3.05) is 57.3 Å². The van der Waals surface area contributed by atoms with Gasteiger partial charge < -0.3 is 15.1 Å². The van der Waals surface area contributed by atoms with Gasteiger partial charge in [-0.2, -0.15) is 0 Å². The number of benzene rings is 1. The predicted molar refractivity (Wildman–Crippen MR) is 84.4 cm³/mol. The Balaban J connectivity index is 1.55. The largest absolute Gasteiger partial charge is 0.368 e. The van der Waals surface area contributed by atoms with Crippen LogP contribution >= 0.6 is 0 Å². The molecule has 0 saturated carbocycles. The first-order chi connectivity index (χ1) is 10.3. The summed E-state index contributed by atoms with van der Waals surface area (Å²) in [6, 6.07) is 8.91. The standard InChI is InChI=1S/C16H24N4O/c21-14-19-9-11-20(12-10-19)16-3-1-15(2-4-16)13-18-7-5-17-6-8-18/h1-4,14,17H,5-13H2. The number of nitrogens with one attached hydrogen (secondary N) is 1. The molecule has 0 unspecified atom stereocenters. The van der Waals surface area contributed by atoms with Gasteiger partial charge in [0.15, 0.2) is 0 Å². The topological polar surface area (TPSA) is 38.8 Å². The molecule has 1 amide bonds. The summed E-state index contributed by atoms with van der Waals surface area (Å²) in [5, 5.41) is 3.38. The Bertz CT molecular complexity index is 448. The summed E-state index contributed by atoms with van der Waals surface area (Å²) in [6.45, 7) is 9.01. The molecule has 0 aromatic heterocycles. The SMILES string of the molecule is O=CN1CCN(c2ccc(CN3CCNCC3)cc2)CC1. The summed E-state index contributed by atoms with van der Waals surface area (Å²) in [4.78, 5) is 17.4. The van der Waals surface area contributed by atoms with Crippen LogP contribution in [-0.2, 0) is 11.3 Å². The highest BCUT2D eigenvalue weighted by Gasteiger charge is 2.16. The third-order valence-electron chi connectivity index (χ3n) is 4.38. The number of piperazine rings is 2. The van der Waals surface area contributed by atoms with Crippen molar-refractivity contribution in [3.8, 4) is 0 Å². The molecular formula is C16H24N4O. The van der Waals surface area contributed by atoms with E-state index in [1.54, 1.807) is 0 Å². The van der Waals surface area contributed by atoms with Crippen LogP contribution in [0, 0.1) is 0 Å². The lowest BCUT2D eigenvalue weighted by molar-refractivity contribution is -0.118. The third-order valence-corrected chi connectivity index (χ3v) is 4.38. The molecule has 1 aromatic carbocycles. The normalized spacial score (nSPS) is 20.6. The minimum absolute atomic E-state index is 0.825. The molecule has 0 bridgehead atoms. The minimum atomic E-state index is 0.825. The van der Waals surface area contributed by atoms with E-state index in [4.69, 9.17) is 0 Å². The van der Waals surface area contributed by atoms with Gasteiger partial charge in [-0.15, -0.1) is 0 Å². The van der Waals surface area contributed by atoms with Gasteiger partial charge in [-0.25, -0.2) is 0 Å². The molecule has 1 N–H and O–H groups in total. The maximum absolute atomic E-state index is 10.7. The monoisotopic (exact) mass is 288 g/mol. The van der Waals surface area contributed by atoms with E-state index in [1.807, 2.05) is 4.90 Å². The van der Waals surface area contributed by atoms with Crippen LogP contribution in [0.1, 0.15) is 5.56 Å². The maximum atomic E-state index is 10.7. The first-order valence-corrected chi connectivity index (χ1v) is 7.81. The number of carbonyl (C=O) groups is 1. The van der Waals surface area contributed by atoms with E-state index >= 15 is 0 Å². The Hall–Kier alpha value is -1.59. The summed E-state index contributed by atoms with van der Waals surface area (Å²) in [7, 11) is 0. The minimum Gasteiger partial charge on any atom is -0.368 e. The number of rotatable bonds is 4. The fourth-order valence-electron chi connectivity index (χ4n) is 3.03. The third kappa shape index (κ3) is 3.74. The molecule has 0 atom stereocenters. The molecular weight excluding hydrogens is 264 g/mol. The molecule has 1 aromatic rings. The Morgan fingerprint density at radius 3 is 2.24 bits per heavy atom. The van der Waals surface area contributed by atoms with E-state index in [-0.39, 0.29) is 0 Å². The van der Waals surface area contributed by atoms with Crippen LogP contribution in [0.3, 0.4) is 0 Å². The number of amides is 1. The van der Waals surface area contributed by atoms with Crippen LogP contribution in [0.2, 0.25) is 0 Å². The van der Waals surface area contributed by atoms with Crippen LogP contribution in [0.25, 0.3) is 0 Å². The van der Waals surface area contributed by atoms with Crippen molar-refractivity contribution < 1.29 is 4.79 Å². The lowest BCUT2D eigenvalue weighted by Gasteiger charge is -2.34. The van der Waals surface area contributed by atoms with E-state index in [2.05, 4.69) is 39.4 Å². The van der Waals surface area contributed by atoms with Crippen LogP contribution in [0.5, 0.6) is 0 Å². The lowest BCUT2D eigenvalue weighted by atomic mass is 10.1. The molecule has 0 radical (unpaired) electrons. The Morgan fingerprint density at radius 1 is 0.952 bits per heavy atom. The first kappa shape index (κ1) is 14.4. The molecule has 2 heterocycles. The van der Waals surface area contributed by atoms with Crippen molar-refractivity contribution in [2.45, 2.75) is 6.54 Å². The van der Waals surface area contributed by atoms with Crippen molar-refractivity contribution in [3.05, 3.63) is 29.8 Å². The van der Waals surface area contributed by atoms with E-state index in [1.165, 1.54) is 11.3 Å². The number of carbonyl (C=O) groups excluding carboxylic acids is 1. The van der Waals surface area contributed by atoms with Gasteiger partial charge in [0.1, 0.15) is 0 Å². The van der Waals surface area contributed by atoms with Gasteiger partial charge in [-0.05, 0) is 17.7 Å². The van der Waals surface area contributed by atoms with Crippen molar-refractivity contribution in [3.63, 3.8) is 0 Å². The van der Waals surface area contributed by atoms with Crippen molar-refractivity contribution in [1.82, 2.24) is 15.1 Å². The number of anilines is 1. The maximum Gasteiger partial charge on any atom is 0.209 e. The Morgan fingerprint density at radius 2 is 1.62 bits per heavy atom. The summed E-state index contributed by atoms with van der Waals surface area (Å²) in [5.74, 6) is 0. The van der Waals surface area contributed by atoms with E-state index in [0.717, 1.165) is 65.3 Å². The number of hydrogen-bond acceptors (Lipinski definition) is 4. The van der Waals surface area contributed by atoms with Gasteiger partial charge in [0, 0.05) is 64.6 Å². The zero-order valence-electron chi connectivity index (χ0n) is 12.5. The van der Waals surface area contributed by atoms with Crippen molar-refractivity contribution in [1.29, 1.82) is 0 Å². The Kier molecular flexibility index (Phi) is 4.72. The van der Waals surface area contributed by atoms with E-state index in [9.17, 15) is 4.79 Å². The molecule has 5 nitrogen and oxygen atoms in total. The molecule has 3 rings (SSSR count). The van der Waals surface area contributed by atoms with Gasteiger partial charge in [0.2, 0.25) is 6.41 Å². The van der Waals surface area contributed by atoms with Crippen LogP contribution < -0.4 is 10.2 Å². The second-order valence-corrected chi connectivity index (χ2v) is 5.82. The molecule has 5 heteroatoms. The Labute approximate surface area is 126 Å². The quantitative estimate of drug-likeness (QED) is 0.813. The molecule has 2 aliphatic heterocycles. The zero-order valence-corrected chi connectivity index (χ0v) is 12.5. The number of nitrogens with zero attached hydrogens (tertiary/aromatic N) is 3. The molecule has 114 valence electrons. The van der Waals surface area contributed by atoms with Gasteiger partial charge in [-0.1, -0.05) is 12.1 Å². The molecule has 21 heavy (non-hydrogen) atoms.